The number of phenolic OH excluding ortho intramolecular Hbond substituents is 1. The molecule has 3 rings (SSSR count). The number of aromatic hydroxyl groups is 1. The number of carbonyl (C=O) groups excluding carboxylic acids is 1. The minimum absolute atomic E-state index is 0.0123. The Morgan fingerprint density at radius 1 is 1.33 bits per heavy atom. The Labute approximate surface area is 138 Å². The highest BCUT2D eigenvalue weighted by molar-refractivity contribution is 5.93. The van der Waals surface area contributed by atoms with E-state index in [0.717, 1.165) is 23.6 Å². The van der Waals surface area contributed by atoms with Gasteiger partial charge in [-0.1, -0.05) is 24.3 Å². The number of non-ortho nitro benzene ring substituents is 1. The van der Waals surface area contributed by atoms with Gasteiger partial charge in [-0.15, -0.1) is 0 Å². The topological polar surface area (TPSA) is 102 Å². The number of carbonyl (C=O) groups is 1. The molecule has 7 nitrogen and oxygen atoms in total. The van der Waals surface area contributed by atoms with Crippen molar-refractivity contribution in [3.8, 4) is 5.75 Å². The first-order valence-corrected chi connectivity index (χ1v) is 7.51. The molecule has 2 aromatic carbocycles. The van der Waals surface area contributed by atoms with E-state index in [9.17, 15) is 20.0 Å². The van der Waals surface area contributed by atoms with Crippen LogP contribution in [0.4, 0.5) is 11.4 Å². The molecule has 0 bridgehead atoms. The van der Waals surface area contributed by atoms with Gasteiger partial charge in [0.2, 0.25) is 5.91 Å². The minimum Gasteiger partial charge on any atom is -0.506 e. The van der Waals surface area contributed by atoms with Crippen LogP contribution < -0.4 is 5.32 Å². The molecule has 1 aliphatic rings. The first kappa shape index (κ1) is 15.9. The standard InChI is InChI=1S/C17H16N2O5/c20-15-6-5-12(19(22)23)9-14(15)18-17(21)10-16-13-4-2-1-3-11(13)7-8-24-16/h1-6,9,16,20H,7-8,10H2,(H,18,21)/t16-/m1/s1. The predicted octanol–water partition coefficient (Wildman–Crippen LogP) is 2.94. The highest BCUT2D eigenvalue weighted by Crippen LogP contribution is 2.31. The summed E-state index contributed by atoms with van der Waals surface area (Å²) in [5.74, 6) is -0.605. The summed E-state index contributed by atoms with van der Waals surface area (Å²) in [6.45, 7) is 0.539. The van der Waals surface area contributed by atoms with Crippen LogP contribution in [0.5, 0.6) is 5.75 Å². The Morgan fingerprint density at radius 2 is 2.12 bits per heavy atom. The summed E-state index contributed by atoms with van der Waals surface area (Å²) >= 11 is 0. The molecule has 124 valence electrons. The molecule has 1 heterocycles. The Kier molecular flexibility index (Phi) is 4.43. The number of amides is 1. The van der Waals surface area contributed by atoms with Crippen LogP contribution in [0.15, 0.2) is 42.5 Å². The number of fused-ring (bicyclic) bond motifs is 1. The number of hydrogen-bond acceptors (Lipinski definition) is 5. The Morgan fingerprint density at radius 3 is 2.92 bits per heavy atom. The maximum atomic E-state index is 12.3. The predicted molar refractivity (Wildman–Crippen MR) is 86.8 cm³/mol. The van der Waals surface area contributed by atoms with Gasteiger partial charge in [-0.2, -0.15) is 0 Å². The van der Waals surface area contributed by atoms with Gasteiger partial charge in [-0.3, -0.25) is 14.9 Å². The van der Waals surface area contributed by atoms with Crippen molar-refractivity contribution in [1.82, 2.24) is 0 Å². The minimum atomic E-state index is -0.588. The third-order valence-corrected chi connectivity index (χ3v) is 3.93. The van der Waals surface area contributed by atoms with Crippen molar-refractivity contribution < 1.29 is 19.6 Å². The van der Waals surface area contributed by atoms with Crippen LogP contribution >= 0.6 is 0 Å². The van der Waals surface area contributed by atoms with Gasteiger partial charge in [0, 0.05) is 12.1 Å². The van der Waals surface area contributed by atoms with Gasteiger partial charge in [-0.25, -0.2) is 0 Å². The summed E-state index contributed by atoms with van der Waals surface area (Å²) in [6, 6.07) is 11.3. The lowest BCUT2D eigenvalue weighted by atomic mass is 9.95. The van der Waals surface area contributed by atoms with Gasteiger partial charge >= 0.3 is 0 Å². The van der Waals surface area contributed by atoms with Crippen LogP contribution in [-0.4, -0.2) is 22.5 Å². The molecule has 0 aliphatic carbocycles. The highest BCUT2D eigenvalue weighted by Gasteiger charge is 2.23. The normalized spacial score (nSPS) is 16.2. The Hall–Kier alpha value is -2.93. The molecule has 0 spiro atoms. The van der Waals surface area contributed by atoms with Gasteiger partial charge in [0.15, 0.2) is 0 Å². The maximum Gasteiger partial charge on any atom is 0.271 e. The summed E-state index contributed by atoms with van der Waals surface area (Å²) in [6.07, 6.45) is 0.509. The lowest BCUT2D eigenvalue weighted by Crippen LogP contribution is -2.22. The number of ether oxygens (including phenoxy) is 1. The van der Waals surface area contributed by atoms with E-state index in [-0.39, 0.29) is 35.6 Å². The van der Waals surface area contributed by atoms with E-state index >= 15 is 0 Å². The molecule has 1 amide bonds. The first-order chi connectivity index (χ1) is 11.5. The zero-order chi connectivity index (χ0) is 17.1. The van der Waals surface area contributed by atoms with E-state index in [0.29, 0.717) is 6.61 Å². The monoisotopic (exact) mass is 328 g/mol. The third kappa shape index (κ3) is 3.36. The number of nitrogens with one attached hydrogen (secondary N) is 1. The maximum absolute atomic E-state index is 12.3. The number of rotatable bonds is 4. The molecule has 7 heteroatoms. The SMILES string of the molecule is O=C(C[C@H]1OCCc2ccccc21)Nc1cc([N+](=O)[O-])ccc1O. The van der Waals surface area contributed by atoms with Gasteiger partial charge in [0.25, 0.3) is 5.69 Å². The average Bonchev–Trinajstić information content (AvgIpc) is 2.57. The van der Waals surface area contributed by atoms with Crippen molar-refractivity contribution in [2.75, 3.05) is 11.9 Å². The van der Waals surface area contributed by atoms with Crippen LogP contribution in [0.25, 0.3) is 0 Å². The highest BCUT2D eigenvalue weighted by atomic mass is 16.6. The fraction of sp³-hybridized carbons (Fsp3) is 0.235. The summed E-state index contributed by atoms with van der Waals surface area (Å²) in [5.41, 5.74) is 1.93. The Balaban J connectivity index is 1.73. The van der Waals surface area contributed by atoms with Crippen LogP contribution in [0, 0.1) is 10.1 Å². The van der Waals surface area contributed by atoms with Crippen LogP contribution in [0.3, 0.4) is 0 Å². The molecule has 0 aromatic heterocycles. The number of benzene rings is 2. The van der Waals surface area contributed by atoms with E-state index in [1.54, 1.807) is 0 Å². The zero-order valence-electron chi connectivity index (χ0n) is 12.8. The van der Waals surface area contributed by atoms with Crippen molar-refractivity contribution >= 4 is 17.3 Å². The molecular formula is C17H16N2O5. The van der Waals surface area contributed by atoms with Crippen molar-refractivity contribution in [2.45, 2.75) is 18.9 Å². The Bertz CT molecular complexity index is 790. The van der Waals surface area contributed by atoms with Crippen molar-refractivity contribution in [1.29, 1.82) is 0 Å². The van der Waals surface area contributed by atoms with Gasteiger partial charge in [0.1, 0.15) is 5.75 Å². The zero-order valence-corrected chi connectivity index (χ0v) is 12.8. The molecule has 0 fully saturated rings. The molecule has 2 N–H and O–H groups in total. The number of nitro benzene ring substituents is 1. The summed E-state index contributed by atoms with van der Waals surface area (Å²) in [7, 11) is 0. The van der Waals surface area contributed by atoms with E-state index in [2.05, 4.69) is 5.32 Å². The smallest absolute Gasteiger partial charge is 0.271 e. The molecule has 0 unspecified atom stereocenters. The number of nitro groups is 1. The second kappa shape index (κ2) is 6.67. The molecular weight excluding hydrogens is 312 g/mol. The van der Waals surface area contributed by atoms with Gasteiger partial charge in [0.05, 0.1) is 29.7 Å². The van der Waals surface area contributed by atoms with Crippen molar-refractivity contribution in [2.24, 2.45) is 0 Å². The quantitative estimate of drug-likeness (QED) is 0.510. The largest absolute Gasteiger partial charge is 0.506 e. The fourth-order valence-electron chi connectivity index (χ4n) is 2.75. The summed E-state index contributed by atoms with van der Waals surface area (Å²) in [5, 5.41) is 23.1. The number of hydrogen-bond donors (Lipinski definition) is 2. The molecule has 0 saturated carbocycles. The molecule has 1 aliphatic heterocycles. The van der Waals surface area contributed by atoms with Crippen LogP contribution in [0.1, 0.15) is 23.7 Å². The summed E-state index contributed by atoms with van der Waals surface area (Å²) < 4.78 is 5.67. The van der Waals surface area contributed by atoms with Crippen LogP contribution in [0.2, 0.25) is 0 Å². The second-order valence-electron chi connectivity index (χ2n) is 5.52. The molecule has 0 saturated heterocycles. The second-order valence-corrected chi connectivity index (χ2v) is 5.52. The molecule has 1 atom stereocenters. The lowest BCUT2D eigenvalue weighted by molar-refractivity contribution is -0.384. The molecule has 0 radical (unpaired) electrons. The van der Waals surface area contributed by atoms with E-state index in [4.69, 9.17) is 4.74 Å². The van der Waals surface area contributed by atoms with E-state index in [1.165, 1.54) is 12.1 Å². The number of anilines is 1. The van der Waals surface area contributed by atoms with Crippen molar-refractivity contribution in [3.05, 3.63) is 63.7 Å². The fourth-order valence-corrected chi connectivity index (χ4v) is 2.75. The average molecular weight is 328 g/mol. The van der Waals surface area contributed by atoms with Crippen LogP contribution in [-0.2, 0) is 16.0 Å². The third-order valence-electron chi connectivity index (χ3n) is 3.93. The number of nitrogens with zero attached hydrogens (tertiary/aromatic N) is 1. The van der Waals surface area contributed by atoms with Gasteiger partial charge < -0.3 is 15.2 Å². The number of phenols is 1. The lowest BCUT2D eigenvalue weighted by Gasteiger charge is -2.25. The first-order valence-electron chi connectivity index (χ1n) is 7.51. The van der Waals surface area contributed by atoms with E-state index < -0.39 is 4.92 Å². The summed E-state index contributed by atoms with van der Waals surface area (Å²) in [4.78, 5) is 22.5. The van der Waals surface area contributed by atoms with Gasteiger partial charge in [-0.05, 0) is 23.6 Å². The van der Waals surface area contributed by atoms with Crippen molar-refractivity contribution in [3.63, 3.8) is 0 Å². The van der Waals surface area contributed by atoms with E-state index in [1.807, 2.05) is 24.3 Å². The molecule has 2 aromatic rings. The molecule has 24 heavy (non-hydrogen) atoms.